The van der Waals surface area contributed by atoms with Crippen molar-refractivity contribution in [3.05, 3.63) is 30.3 Å². The molecule has 1 atom stereocenters. The third-order valence-corrected chi connectivity index (χ3v) is 5.10. The summed E-state index contributed by atoms with van der Waals surface area (Å²) in [4.78, 5) is 25.2. The van der Waals surface area contributed by atoms with Crippen LogP contribution in [-0.4, -0.2) is 22.6 Å². The van der Waals surface area contributed by atoms with Crippen molar-refractivity contribution in [2.75, 3.05) is 0 Å². The van der Waals surface area contributed by atoms with Crippen LogP contribution in [0.2, 0.25) is 0 Å². The Morgan fingerprint density at radius 1 is 1.19 bits per heavy atom. The quantitative estimate of drug-likeness (QED) is 0.725. The van der Waals surface area contributed by atoms with Crippen LogP contribution in [0.3, 0.4) is 0 Å². The van der Waals surface area contributed by atoms with Gasteiger partial charge in [-0.3, -0.25) is 9.59 Å². The van der Waals surface area contributed by atoms with E-state index in [-0.39, 0.29) is 11.2 Å². The SMILES string of the molecule is CCC(Sc1ccccc1)C(=O)NC(CC)(CC)C(N)=O. The molecule has 4 nitrogen and oxygen atoms in total. The minimum atomic E-state index is -0.943. The first-order valence-electron chi connectivity index (χ1n) is 7.32. The van der Waals surface area contributed by atoms with Crippen LogP contribution in [-0.2, 0) is 9.59 Å². The fraction of sp³-hybridized carbons (Fsp3) is 0.500. The van der Waals surface area contributed by atoms with Gasteiger partial charge in [0.1, 0.15) is 5.54 Å². The molecule has 21 heavy (non-hydrogen) atoms. The predicted molar refractivity (Wildman–Crippen MR) is 87.0 cm³/mol. The second-order valence-electron chi connectivity index (χ2n) is 4.97. The van der Waals surface area contributed by atoms with Crippen molar-refractivity contribution < 1.29 is 9.59 Å². The molecule has 1 unspecified atom stereocenters. The van der Waals surface area contributed by atoms with Crippen LogP contribution in [0.1, 0.15) is 40.0 Å². The Balaban J connectivity index is 2.81. The molecule has 0 fully saturated rings. The minimum absolute atomic E-state index is 0.131. The molecule has 0 radical (unpaired) electrons. The van der Waals surface area contributed by atoms with Crippen molar-refractivity contribution >= 4 is 23.6 Å². The molecule has 0 aliphatic carbocycles. The van der Waals surface area contributed by atoms with Crippen molar-refractivity contribution in [1.29, 1.82) is 0 Å². The van der Waals surface area contributed by atoms with Gasteiger partial charge in [-0.1, -0.05) is 39.0 Å². The molecule has 1 aromatic rings. The molecule has 2 amide bonds. The molecule has 3 N–H and O–H groups in total. The summed E-state index contributed by atoms with van der Waals surface area (Å²) in [5.74, 6) is -0.603. The number of carbonyl (C=O) groups excluding carboxylic acids is 2. The zero-order valence-corrected chi connectivity index (χ0v) is 13.7. The van der Waals surface area contributed by atoms with Crippen molar-refractivity contribution in [1.82, 2.24) is 5.32 Å². The zero-order valence-electron chi connectivity index (χ0n) is 12.9. The summed E-state index contributed by atoms with van der Waals surface area (Å²) in [6.07, 6.45) is 1.68. The van der Waals surface area contributed by atoms with Crippen LogP contribution >= 0.6 is 11.8 Å². The van der Waals surface area contributed by atoms with Crippen LogP contribution in [0.4, 0.5) is 0 Å². The zero-order chi connectivity index (χ0) is 15.9. The topological polar surface area (TPSA) is 72.2 Å². The van der Waals surface area contributed by atoms with E-state index in [2.05, 4.69) is 5.32 Å². The number of primary amides is 1. The number of amides is 2. The third-order valence-electron chi connectivity index (χ3n) is 3.73. The Hall–Kier alpha value is -1.49. The molecule has 0 spiro atoms. The predicted octanol–water partition coefficient (Wildman–Crippen LogP) is 2.72. The van der Waals surface area contributed by atoms with E-state index >= 15 is 0 Å². The lowest BCUT2D eigenvalue weighted by Crippen LogP contribution is -2.58. The Labute approximate surface area is 130 Å². The number of thioether (sulfide) groups is 1. The van der Waals surface area contributed by atoms with E-state index in [9.17, 15) is 9.59 Å². The number of nitrogens with two attached hydrogens (primary N) is 1. The molecule has 5 heteroatoms. The second kappa shape index (κ2) is 8.08. The Kier molecular flexibility index (Phi) is 6.75. The van der Waals surface area contributed by atoms with E-state index in [1.165, 1.54) is 11.8 Å². The minimum Gasteiger partial charge on any atom is -0.368 e. The maximum atomic E-state index is 12.5. The maximum absolute atomic E-state index is 12.5. The summed E-state index contributed by atoms with van der Waals surface area (Å²) < 4.78 is 0. The lowest BCUT2D eigenvalue weighted by atomic mass is 9.91. The second-order valence-corrected chi connectivity index (χ2v) is 6.25. The normalized spacial score (nSPS) is 12.7. The molecule has 0 saturated carbocycles. The summed E-state index contributed by atoms with van der Waals surface area (Å²) in [6, 6.07) is 9.78. The molecule has 0 saturated heterocycles. The van der Waals surface area contributed by atoms with Crippen LogP contribution in [0.15, 0.2) is 35.2 Å². The first-order valence-corrected chi connectivity index (χ1v) is 8.20. The van der Waals surface area contributed by atoms with E-state index in [0.717, 1.165) is 4.90 Å². The van der Waals surface area contributed by atoms with Gasteiger partial charge in [0.05, 0.1) is 5.25 Å². The van der Waals surface area contributed by atoms with E-state index < -0.39 is 11.4 Å². The highest BCUT2D eigenvalue weighted by atomic mass is 32.2. The molecule has 0 aromatic heterocycles. The standard InChI is InChI=1S/C16H24N2O2S/c1-4-13(21-12-10-8-7-9-11-12)14(19)18-16(5-2,6-3)15(17)20/h7-11,13H,4-6H2,1-3H3,(H2,17,20)(H,18,19). The van der Waals surface area contributed by atoms with Gasteiger partial charge in [0.2, 0.25) is 11.8 Å². The molecule has 0 aliphatic rings. The molecular formula is C16H24N2O2S. The van der Waals surface area contributed by atoms with E-state index in [1.54, 1.807) is 0 Å². The van der Waals surface area contributed by atoms with Gasteiger partial charge in [-0.05, 0) is 31.4 Å². The van der Waals surface area contributed by atoms with Crippen LogP contribution in [0.25, 0.3) is 0 Å². The summed E-state index contributed by atoms with van der Waals surface area (Å²) >= 11 is 1.51. The molecule has 116 valence electrons. The largest absolute Gasteiger partial charge is 0.368 e. The fourth-order valence-electron chi connectivity index (χ4n) is 2.14. The average molecular weight is 308 g/mol. The number of benzene rings is 1. The van der Waals surface area contributed by atoms with Crippen LogP contribution < -0.4 is 11.1 Å². The highest BCUT2D eigenvalue weighted by Gasteiger charge is 2.36. The van der Waals surface area contributed by atoms with E-state index in [0.29, 0.717) is 19.3 Å². The lowest BCUT2D eigenvalue weighted by Gasteiger charge is -2.31. The molecular weight excluding hydrogens is 284 g/mol. The first-order chi connectivity index (χ1) is 9.99. The molecule has 0 aliphatic heterocycles. The van der Waals surface area contributed by atoms with Gasteiger partial charge in [-0.2, -0.15) is 0 Å². The van der Waals surface area contributed by atoms with Crippen molar-refractivity contribution in [2.24, 2.45) is 5.73 Å². The van der Waals surface area contributed by atoms with Gasteiger partial charge < -0.3 is 11.1 Å². The number of rotatable bonds is 8. The first kappa shape index (κ1) is 17.6. The van der Waals surface area contributed by atoms with E-state index in [4.69, 9.17) is 5.73 Å². The highest BCUT2D eigenvalue weighted by Crippen LogP contribution is 2.26. The fourth-order valence-corrected chi connectivity index (χ4v) is 3.11. The highest BCUT2D eigenvalue weighted by molar-refractivity contribution is 8.00. The molecule has 0 bridgehead atoms. The molecule has 1 rings (SSSR count). The van der Waals surface area contributed by atoms with E-state index in [1.807, 2.05) is 51.1 Å². The summed E-state index contributed by atoms with van der Waals surface area (Å²) in [5, 5.41) is 2.63. The monoisotopic (exact) mass is 308 g/mol. The Morgan fingerprint density at radius 2 is 1.76 bits per heavy atom. The number of hydrogen-bond donors (Lipinski definition) is 2. The van der Waals surface area contributed by atoms with Crippen LogP contribution in [0, 0.1) is 0 Å². The number of hydrogen-bond acceptors (Lipinski definition) is 3. The summed E-state index contributed by atoms with van der Waals surface area (Å²) in [5.41, 5.74) is 4.53. The third kappa shape index (κ3) is 4.49. The Bertz CT molecular complexity index is 472. The number of nitrogens with one attached hydrogen (secondary N) is 1. The van der Waals surface area contributed by atoms with Crippen molar-refractivity contribution in [3.63, 3.8) is 0 Å². The lowest BCUT2D eigenvalue weighted by molar-refractivity contribution is -0.131. The summed E-state index contributed by atoms with van der Waals surface area (Å²) in [7, 11) is 0. The van der Waals surface area contributed by atoms with Gasteiger partial charge in [0.15, 0.2) is 0 Å². The average Bonchev–Trinajstić information content (AvgIpc) is 2.50. The van der Waals surface area contributed by atoms with Gasteiger partial charge in [0.25, 0.3) is 0 Å². The van der Waals surface area contributed by atoms with Crippen molar-refractivity contribution in [2.45, 2.75) is 55.7 Å². The van der Waals surface area contributed by atoms with Gasteiger partial charge in [0, 0.05) is 4.90 Å². The van der Waals surface area contributed by atoms with Gasteiger partial charge >= 0.3 is 0 Å². The molecule has 0 heterocycles. The van der Waals surface area contributed by atoms with Crippen molar-refractivity contribution in [3.8, 4) is 0 Å². The Morgan fingerprint density at radius 3 is 2.19 bits per heavy atom. The summed E-state index contributed by atoms with van der Waals surface area (Å²) in [6.45, 7) is 5.68. The van der Waals surface area contributed by atoms with Crippen LogP contribution in [0.5, 0.6) is 0 Å². The number of carbonyl (C=O) groups is 2. The van der Waals surface area contributed by atoms with Gasteiger partial charge in [-0.15, -0.1) is 11.8 Å². The molecule has 1 aromatic carbocycles. The smallest absolute Gasteiger partial charge is 0.243 e. The maximum Gasteiger partial charge on any atom is 0.243 e. The van der Waals surface area contributed by atoms with Gasteiger partial charge in [-0.25, -0.2) is 0 Å².